The van der Waals surface area contributed by atoms with E-state index in [9.17, 15) is 4.79 Å². The lowest BCUT2D eigenvalue weighted by Gasteiger charge is -2.40. The lowest BCUT2D eigenvalue weighted by atomic mass is 9.96. The number of carbonyl (C=O) groups excluding carboxylic acids is 1. The van der Waals surface area contributed by atoms with Gasteiger partial charge in [-0.25, -0.2) is 0 Å². The van der Waals surface area contributed by atoms with E-state index in [4.69, 9.17) is 0 Å². The number of hydrogen-bond donors (Lipinski definition) is 0. The van der Waals surface area contributed by atoms with Crippen molar-refractivity contribution in [3.63, 3.8) is 0 Å². The summed E-state index contributed by atoms with van der Waals surface area (Å²) in [5.74, 6) is 0.293. The summed E-state index contributed by atoms with van der Waals surface area (Å²) < 4.78 is 0. The number of benzene rings is 2. The molecule has 2 aromatic carbocycles. The van der Waals surface area contributed by atoms with Crippen molar-refractivity contribution < 1.29 is 4.79 Å². The molecule has 1 atom stereocenters. The predicted octanol–water partition coefficient (Wildman–Crippen LogP) is 4.28. The molecule has 144 valence electrons. The molecular weight excluding hydrogens is 332 g/mol. The van der Waals surface area contributed by atoms with Gasteiger partial charge in [0, 0.05) is 38.6 Å². The van der Waals surface area contributed by atoms with Crippen molar-refractivity contribution in [3.8, 4) is 0 Å². The molecule has 0 aromatic heterocycles. The van der Waals surface area contributed by atoms with E-state index in [0.29, 0.717) is 12.3 Å². The summed E-state index contributed by atoms with van der Waals surface area (Å²) >= 11 is 0. The Morgan fingerprint density at radius 3 is 2.33 bits per heavy atom. The summed E-state index contributed by atoms with van der Waals surface area (Å²) in [5.41, 5.74) is 6.59. The minimum absolute atomic E-state index is 0.273. The molecule has 0 aliphatic carbocycles. The number of hydrogen-bond acceptors (Lipinski definition) is 2. The van der Waals surface area contributed by atoms with E-state index in [1.807, 2.05) is 0 Å². The van der Waals surface area contributed by atoms with Gasteiger partial charge in [0.1, 0.15) is 0 Å². The first kappa shape index (κ1) is 19.6. The molecule has 1 aliphatic rings. The summed E-state index contributed by atoms with van der Waals surface area (Å²) in [6, 6.07) is 15.3. The van der Waals surface area contributed by atoms with Crippen LogP contribution < -0.4 is 0 Å². The summed E-state index contributed by atoms with van der Waals surface area (Å²) in [6.45, 7) is 12.3. The van der Waals surface area contributed by atoms with E-state index >= 15 is 0 Å². The van der Waals surface area contributed by atoms with Gasteiger partial charge in [0.25, 0.3) is 0 Å². The molecule has 0 saturated carbocycles. The molecule has 0 radical (unpaired) electrons. The Bertz CT molecular complexity index is 761. The lowest BCUT2D eigenvalue weighted by Crippen LogP contribution is -2.53. The van der Waals surface area contributed by atoms with Gasteiger partial charge in [-0.15, -0.1) is 0 Å². The maximum atomic E-state index is 12.8. The molecule has 1 unspecified atom stereocenters. The van der Waals surface area contributed by atoms with Gasteiger partial charge in [-0.3, -0.25) is 9.69 Å². The van der Waals surface area contributed by atoms with Gasteiger partial charge in [0.05, 0.1) is 0 Å². The van der Waals surface area contributed by atoms with Gasteiger partial charge in [-0.05, 0) is 56.4 Å². The van der Waals surface area contributed by atoms with Gasteiger partial charge in [0.15, 0.2) is 0 Å². The molecule has 1 aliphatic heterocycles. The maximum absolute atomic E-state index is 12.8. The Balaban J connectivity index is 1.54. The zero-order valence-electron chi connectivity index (χ0n) is 17.2. The monoisotopic (exact) mass is 364 g/mol. The lowest BCUT2D eigenvalue weighted by molar-refractivity contribution is -0.135. The van der Waals surface area contributed by atoms with Gasteiger partial charge in [-0.1, -0.05) is 48.0 Å². The van der Waals surface area contributed by atoms with Crippen LogP contribution in [0.2, 0.25) is 0 Å². The van der Waals surface area contributed by atoms with Crippen LogP contribution in [-0.2, 0) is 17.8 Å². The minimum Gasteiger partial charge on any atom is -0.337 e. The number of nitrogens with zero attached hydrogens (tertiary/aromatic N) is 2. The van der Waals surface area contributed by atoms with Gasteiger partial charge >= 0.3 is 0 Å². The van der Waals surface area contributed by atoms with Crippen molar-refractivity contribution in [2.24, 2.45) is 0 Å². The topological polar surface area (TPSA) is 23.6 Å². The molecule has 1 amide bonds. The summed E-state index contributed by atoms with van der Waals surface area (Å²) in [7, 11) is 0. The van der Waals surface area contributed by atoms with Gasteiger partial charge in [-0.2, -0.15) is 0 Å². The highest BCUT2D eigenvalue weighted by Gasteiger charge is 2.27. The van der Waals surface area contributed by atoms with Crippen molar-refractivity contribution in [2.75, 3.05) is 19.6 Å². The molecule has 0 spiro atoms. The molecule has 3 nitrogen and oxygen atoms in total. The third kappa shape index (κ3) is 4.98. The molecule has 3 rings (SSSR count). The van der Waals surface area contributed by atoms with Crippen molar-refractivity contribution in [3.05, 3.63) is 70.3 Å². The average Bonchev–Trinajstić information content (AvgIpc) is 2.61. The first-order valence-electron chi connectivity index (χ1n) is 10.1. The minimum atomic E-state index is 0.273. The number of rotatable bonds is 5. The molecule has 0 bridgehead atoms. The molecular formula is C24H32N2O. The largest absolute Gasteiger partial charge is 0.337 e. The molecule has 27 heavy (non-hydrogen) atoms. The van der Waals surface area contributed by atoms with Crippen LogP contribution in [0.15, 0.2) is 42.5 Å². The van der Waals surface area contributed by atoms with Crippen LogP contribution in [0.5, 0.6) is 0 Å². The van der Waals surface area contributed by atoms with Crippen LogP contribution in [0.25, 0.3) is 0 Å². The highest BCUT2D eigenvalue weighted by atomic mass is 16.2. The van der Waals surface area contributed by atoms with E-state index in [1.165, 1.54) is 27.8 Å². The molecule has 2 aromatic rings. The summed E-state index contributed by atoms with van der Waals surface area (Å²) in [6.07, 6.45) is 1.45. The first-order chi connectivity index (χ1) is 12.9. The van der Waals surface area contributed by atoms with Crippen LogP contribution >= 0.6 is 0 Å². The van der Waals surface area contributed by atoms with E-state index in [2.05, 4.69) is 80.0 Å². The maximum Gasteiger partial charge on any atom is 0.223 e. The first-order valence-corrected chi connectivity index (χ1v) is 10.1. The van der Waals surface area contributed by atoms with E-state index in [1.54, 1.807) is 0 Å². The molecule has 1 saturated heterocycles. The highest BCUT2D eigenvalue weighted by molar-refractivity contribution is 5.77. The second-order valence-corrected chi connectivity index (χ2v) is 8.03. The van der Waals surface area contributed by atoms with E-state index in [-0.39, 0.29) is 6.04 Å². The van der Waals surface area contributed by atoms with Crippen LogP contribution in [0.3, 0.4) is 0 Å². The van der Waals surface area contributed by atoms with Crippen LogP contribution in [-0.4, -0.2) is 41.4 Å². The standard InChI is InChI=1S/C24H32N2O/c1-18-14-19(2)23(20(3)15-18)10-11-24(27)26-13-12-25(16-21(26)4)17-22-8-6-5-7-9-22/h5-9,14-15,21H,10-13,16-17H2,1-4H3. The second kappa shape index (κ2) is 8.71. The Labute approximate surface area is 164 Å². The number of carbonyl (C=O) groups is 1. The fourth-order valence-electron chi connectivity index (χ4n) is 4.37. The van der Waals surface area contributed by atoms with Gasteiger partial charge in [0.2, 0.25) is 5.91 Å². The second-order valence-electron chi connectivity index (χ2n) is 8.03. The quantitative estimate of drug-likeness (QED) is 0.791. The summed E-state index contributed by atoms with van der Waals surface area (Å²) in [5, 5.41) is 0. The Hall–Kier alpha value is -2.13. The van der Waals surface area contributed by atoms with Crippen molar-refractivity contribution >= 4 is 5.91 Å². The predicted molar refractivity (Wildman–Crippen MR) is 112 cm³/mol. The zero-order chi connectivity index (χ0) is 19.4. The van der Waals surface area contributed by atoms with Crippen molar-refractivity contribution in [2.45, 2.75) is 53.1 Å². The molecule has 1 heterocycles. The van der Waals surface area contributed by atoms with Gasteiger partial charge < -0.3 is 4.90 Å². The number of aryl methyl sites for hydroxylation is 3. The van der Waals surface area contributed by atoms with Crippen LogP contribution in [0, 0.1) is 20.8 Å². The normalized spacial score (nSPS) is 17.9. The fourth-order valence-corrected chi connectivity index (χ4v) is 4.37. The van der Waals surface area contributed by atoms with Crippen LogP contribution in [0.1, 0.15) is 41.2 Å². The van der Waals surface area contributed by atoms with Crippen LogP contribution in [0.4, 0.5) is 0 Å². The van der Waals surface area contributed by atoms with Crippen molar-refractivity contribution in [1.29, 1.82) is 0 Å². The average molecular weight is 365 g/mol. The third-order valence-corrected chi connectivity index (χ3v) is 5.71. The SMILES string of the molecule is Cc1cc(C)c(CCC(=O)N2CCN(Cc3ccccc3)CC2C)c(C)c1. The van der Waals surface area contributed by atoms with E-state index in [0.717, 1.165) is 32.6 Å². The highest BCUT2D eigenvalue weighted by Crippen LogP contribution is 2.20. The molecule has 1 fully saturated rings. The summed E-state index contributed by atoms with van der Waals surface area (Å²) in [4.78, 5) is 17.4. The van der Waals surface area contributed by atoms with Crippen molar-refractivity contribution in [1.82, 2.24) is 9.80 Å². The molecule has 3 heteroatoms. The number of amides is 1. The van der Waals surface area contributed by atoms with E-state index < -0.39 is 0 Å². The smallest absolute Gasteiger partial charge is 0.223 e. The Morgan fingerprint density at radius 2 is 1.70 bits per heavy atom. The molecule has 0 N–H and O–H groups in total. The Morgan fingerprint density at radius 1 is 1.04 bits per heavy atom. The third-order valence-electron chi connectivity index (χ3n) is 5.71. The fraction of sp³-hybridized carbons (Fsp3) is 0.458. The number of piperazine rings is 1. The zero-order valence-corrected chi connectivity index (χ0v) is 17.2. The Kier molecular flexibility index (Phi) is 6.33.